The van der Waals surface area contributed by atoms with Crippen LogP contribution in [-0.2, 0) is 0 Å². The lowest BCUT2D eigenvalue weighted by Crippen LogP contribution is -2.05. The second-order valence-corrected chi connectivity index (χ2v) is 5.23. The van der Waals surface area contributed by atoms with Crippen molar-refractivity contribution in [3.8, 4) is 0 Å². The van der Waals surface area contributed by atoms with Gasteiger partial charge in [-0.2, -0.15) is 4.37 Å². The summed E-state index contributed by atoms with van der Waals surface area (Å²) >= 11 is 7.29. The van der Waals surface area contributed by atoms with Crippen LogP contribution in [0.2, 0.25) is 0 Å². The van der Waals surface area contributed by atoms with E-state index in [2.05, 4.69) is 14.7 Å². The minimum absolute atomic E-state index is 0.221. The van der Waals surface area contributed by atoms with Crippen LogP contribution < -0.4 is 5.32 Å². The van der Waals surface area contributed by atoms with E-state index < -0.39 is 0 Å². The molecule has 0 saturated heterocycles. The number of aromatic nitrogens is 2. The molecule has 1 heterocycles. The fourth-order valence-corrected chi connectivity index (χ4v) is 1.97. The molecule has 1 aromatic rings. The summed E-state index contributed by atoms with van der Waals surface area (Å²) in [4.78, 5) is 4.42. The number of anilines is 1. The number of hydrogen-bond acceptors (Lipinski definition) is 4. The molecule has 1 aromatic heterocycles. The summed E-state index contributed by atoms with van der Waals surface area (Å²) in [6.45, 7) is 2.88. The van der Waals surface area contributed by atoms with Gasteiger partial charge in [0.25, 0.3) is 0 Å². The van der Waals surface area contributed by atoms with Crippen LogP contribution in [0.25, 0.3) is 0 Å². The molecule has 14 heavy (non-hydrogen) atoms. The van der Waals surface area contributed by atoms with E-state index in [4.69, 9.17) is 11.6 Å². The van der Waals surface area contributed by atoms with Gasteiger partial charge in [-0.1, -0.05) is 0 Å². The summed E-state index contributed by atoms with van der Waals surface area (Å²) in [5.74, 6) is 1.67. The van der Waals surface area contributed by atoms with Gasteiger partial charge in [-0.25, -0.2) is 4.98 Å². The number of nitrogens with one attached hydrogen (secondary N) is 1. The van der Waals surface area contributed by atoms with Crippen LogP contribution in [0.4, 0.5) is 5.13 Å². The number of alkyl halides is 1. The molecule has 1 unspecified atom stereocenters. The molecule has 0 bridgehead atoms. The van der Waals surface area contributed by atoms with Crippen molar-refractivity contribution in [2.24, 2.45) is 0 Å². The second kappa shape index (κ2) is 4.45. The Morgan fingerprint density at radius 2 is 2.43 bits per heavy atom. The van der Waals surface area contributed by atoms with Gasteiger partial charge in [0, 0.05) is 29.4 Å². The molecule has 1 atom stereocenters. The van der Waals surface area contributed by atoms with Crippen LogP contribution in [0.3, 0.4) is 0 Å². The molecule has 0 amide bonds. The molecule has 5 heteroatoms. The average Bonchev–Trinajstić information content (AvgIpc) is 2.87. The summed E-state index contributed by atoms with van der Waals surface area (Å²) in [5.41, 5.74) is 0. The fourth-order valence-electron chi connectivity index (χ4n) is 1.19. The Kier molecular flexibility index (Phi) is 3.23. The first kappa shape index (κ1) is 10.2. The highest BCUT2D eigenvalue weighted by atomic mass is 35.5. The van der Waals surface area contributed by atoms with Crippen molar-refractivity contribution in [2.75, 3.05) is 11.9 Å². The van der Waals surface area contributed by atoms with E-state index in [1.165, 1.54) is 24.4 Å². The normalized spacial score (nSPS) is 18.1. The van der Waals surface area contributed by atoms with Gasteiger partial charge in [-0.15, -0.1) is 11.6 Å². The molecule has 1 aliphatic carbocycles. The monoisotopic (exact) mass is 231 g/mol. The number of hydrogen-bond donors (Lipinski definition) is 1. The Balaban J connectivity index is 1.78. The summed E-state index contributed by atoms with van der Waals surface area (Å²) in [5, 5.41) is 4.39. The predicted molar refractivity (Wildman–Crippen MR) is 60.3 cm³/mol. The maximum Gasteiger partial charge on any atom is 0.202 e. The van der Waals surface area contributed by atoms with Gasteiger partial charge >= 0.3 is 0 Å². The summed E-state index contributed by atoms with van der Waals surface area (Å²) in [6, 6.07) is 0. The van der Waals surface area contributed by atoms with Crippen molar-refractivity contribution in [1.82, 2.24) is 9.36 Å². The zero-order valence-electron chi connectivity index (χ0n) is 8.16. The Morgan fingerprint density at radius 1 is 1.64 bits per heavy atom. The Bertz CT molecular complexity index is 296. The van der Waals surface area contributed by atoms with E-state index in [1.54, 1.807) is 0 Å². The van der Waals surface area contributed by atoms with Crippen LogP contribution in [-0.4, -0.2) is 21.3 Å². The Morgan fingerprint density at radius 3 is 3.07 bits per heavy atom. The van der Waals surface area contributed by atoms with Crippen molar-refractivity contribution < 1.29 is 0 Å². The lowest BCUT2D eigenvalue weighted by molar-refractivity contribution is 0.840. The molecule has 1 N–H and O–H groups in total. The van der Waals surface area contributed by atoms with E-state index in [-0.39, 0.29) is 5.38 Å². The maximum atomic E-state index is 5.84. The first-order valence-electron chi connectivity index (χ1n) is 4.97. The second-order valence-electron chi connectivity index (χ2n) is 3.73. The lowest BCUT2D eigenvalue weighted by Gasteiger charge is -2.02. The predicted octanol–water partition coefficient (Wildman–Crippen LogP) is 2.84. The molecule has 0 radical (unpaired) electrons. The quantitative estimate of drug-likeness (QED) is 0.792. The van der Waals surface area contributed by atoms with Gasteiger partial charge < -0.3 is 5.32 Å². The van der Waals surface area contributed by atoms with Gasteiger partial charge in [-0.05, 0) is 26.2 Å². The van der Waals surface area contributed by atoms with Crippen molar-refractivity contribution in [1.29, 1.82) is 0 Å². The lowest BCUT2D eigenvalue weighted by atomic mass is 10.3. The molecule has 78 valence electrons. The largest absolute Gasteiger partial charge is 0.360 e. The summed E-state index contributed by atoms with van der Waals surface area (Å²) < 4.78 is 4.31. The van der Waals surface area contributed by atoms with Crippen molar-refractivity contribution in [3.05, 3.63) is 5.82 Å². The van der Waals surface area contributed by atoms with E-state index in [0.717, 1.165) is 23.9 Å². The van der Waals surface area contributed by atoms with E-state index in [0.29, 0.717) is 5.92 Å². The maximum absolute atomic E-state index is 5.84. The Hall–Kier alpha value is -0.350. The summed E-state index contributed by atoms with van der Waals surface area (Å²) in [7, 11) is 0. The molecule has 0 aromatic carbocycles. The molecule has 2 rings (SSSR count). The molecular weight excluding hydrogens is 218 g/mol. The van der Waals surface area contributed by atoms with Gasteiger partial charge in [0.1, 0.15) is 5.82 Å². The van der Waals surface area contributed by atoms with Crippen LogP contribution in [0, 0.1) is 0 Å². The van der Waals surface area contributed by atoms with E-state index >= 15 is 0 Å². The van der Waals surface area contributed by atoms with Crippen LogP contribution in [0.1, 0.15) is 37.9 Å². The highest BCUT2D eigenvalue weighted by Gasteiger charge is 2.27. The molecule has 3 nitrogen and oxygen atoms in total. The zero-order chi connectivity index (χ0) is 9.97. The molecule has 1 aliphatic rings. The van der Waals surface area contributed by atoms with Crippen LogP contribution in [0.15, 0.2) is 0 Å². The molecule has 1 fully saturated rings. The highest BCUT2D eigenvalue weighted by Crippen LogP contribution is 2.39. The molecule has 0 aliphatic heterocycles. The Labute approximate surface area is 93.1 Å². The zero-order valence-corrected chi connectivity index (χ0v) is 9.74. The van der Waals surface area contributed by atoms with Gasteiger partial charge in [0.05, 0.1) is 0 Å². The van der Waals surface area contributed by atoms with Crippen molar-refractivity contribution in [2.45, 2.75) is 37.5 Å². The standard InChI is InChI=1S/C9H14ClN3S/c1-6(10)4-5-11-9-12-8(13-14-9)7-2-3-7/h6-7H,2-5H2,1H3,(H,11,12,13). The fraction of sp³-hybridized carbons (Fsp3) is 0.778. The number of nitrogens with zero attached hydrogens (tertiary/aromatic N) is 2. The molecular formula is C9H14ClN3S. The first-order valence-corrected chi connectivity index (χ1v) is 6.18. The molecule has 1 saturated carbocycles. The third-order valence-corrected chi connectivity index (χ3v) is 3.11. The third-order valence-electron chi connectivity index (χ3n) is 2.20. The number of rotatable bonds is 5. The van der Waals surface area contributed by atoms with Gasteiger partial charge in [-0.3, -0.25) is 0 Å². The third kappa shape index (κ3) is 2.82. The van der Waals surface area contributed by atoms with Gasteiger partial charge in [0.15, 0.2) is 0 Å². The van der Waals surface area contributed by atoms with Gasteiger partial charge in [0.2, 0.25) is 5.13 Å². The molecule has 0 spiro atoms. The highest BCUT2D eigenvalue weighted by molar-refractivity contribution is 7.09. The summed E-state index contributed by atoms with van der Waals surface area (Å²) in [6.07, 6.45) is 3.48. The number of halogens is 1. The van der Waals surface area contributed by atoms with Crippen LogP contribution in [0.5, 0.6) is 0 Å². The first-order chi connectivity index (χ1) is 6.75. The minimum Gasteiger partial charge on any atom is -0.360 e. The topological polar surface area (TPSA) is 37.8 Å². The van der Waals surface area contributed by atoms with Crippen molar-refractivity contribution in [3.63, 3.8) is 0 Å². The van der Waals surface area contributed by atoms with E-state index in [9.17, 15) is 0 Å². The SMILES string of the molecule is CC(Cl)CCNc1nc(C2CC2)ns1. The van der Waals surface area contributed by atoms with Crippen LogP contribution >= 0.6 is 23.1 Å². The minimum atomic E-state index is 0.221. The van der Waals surface area contributed by atoms with E-state index in [1.807, 2.05) is 6.92 Å². The smallest absolute Gasteiger partial charge is 0.202 e. The average molecular weight is 232 g/mol. The van der Waals surface area contributed by atoms with Crippen molar-refractivity contribution >= 4 is 28.3 Å².